The van der Waals surface area contributed by atoms with Crippen LogP contribution in [-0.4, -0.2) is 23.0 Å². The molecule has 0 saturated heterocycles. The maximum atomic E-state index is 12.4. The van der Waals surface area contributed by atoms with E-state index in [1.165, 1.54) is 0 Å². The van der Waals surface area contributed by atoms with Gasteiger partial charge in [-0.05, 0) is 80.7 Å². The summed E-state index contributed by atoms with van der Waals surface area (Å²) < 4.78 is 5.58. The monoisotopic (exact) mass is 433 g/mol. The summed E-state index contributed by atoms with van der Waals surface area (Å²) in [5.74, 6) is 0.155. The molecule has 3 rings (SSSR count). The number of hydrogen-bond donors (Lipinski definition) is 3. The number of ether oxygens (including phenoxy) is 1. The van der Waals surface area contributed by atoms with Crippen molar-refractivity contribution in [2.24, 2.45) is 0 Å². The minimum absolute atomic E-state index is 0.0599. The average Bonchev–Trinajstić information content (AvgIpc) is 2.74. The molecule has 0 atom stereocenters. The second-order valence-electron chi connectivity index (χ2n) is 7.00. The molecule has 7 heteroatoms. The molecule has 0 bridgehead atoms. The topological polar surface area (TPSA) is 79.5 Å². The van der Waals surface area contributed by atoms with Gasteiger partial charge >= 0.3 is 0 Å². The Kier molecular flexibility index (Phi) is 7.35. The van der Waals surface area contributed by atoms with Gasteiger partial charge in [-0.25, -0.2) is 0 Å². The smallest absolute Gasteiger partial charge is 0.257 e. The number of thiocarbonyl (C=S) groups is 1. The average molecular weight is 434 g/mol. The number of anilines is 2. The highest BCUT2D eigenvalue weighted by Crippen LogP contribution is 2.17. The second kappa shape index (κ2) is 10.4. The first-order chi connectivity index (χ1) is 14.9. The lowest BCUT2D eigenvalue weighted by Gasteiger charge is -2.12. The van der Waals surface area contributed by atoms with E-state index in [1.54, 1.807) is 72.8 Å². The molecule has 0 aromatic heterocycles. The van der Waals surface area contributed by atoms with E-state index in [-0.39, 0.29) is 23.0 Å². The van der Waals surface area contributed by atoms with E-state index in [0.29, 0.717) is 28.3 Å². The number of nitrogens with one attached hydrogen (secondary N) is 3. The van der Waals surface area contributed by atoms with Crippen LogP contribution in [0.25, 0.3) is 0 Å². The Labute approximate surface area is 186 Å². The van der Waals surface area contributed by atoms with Gasteiger partial charge < -0.3 is 15.4 Å². The van der Waals surface area contributed by atoms with E-state index in [0.717, 1.165) is 0 Å². The van der Waals surface area contributed by atoms with Gasteiger partial charge in [-0.2, -0.15) is 0 Å². The lowest BCUT2D eigenvalue weighted by atomic mass is 10.2. The Bertz CT molecular complexity index is 1070. The van der Waals surface area contributed by atoms with E-state index in [1.807, 2.05) is 19.9 Å². The van der Waals surface area contributed by atoms with Gasteiger partial charge in [0.2, 0.25) is 0 Å². The van der Waals surface area contributed by atoms with E-state index in [2.05, 4.69) is 16.0 Å². The van der Waals surface area contributed by atoms with Crippen molar-refractivity contribution >= 4 is 40.5 Å². The van der Waals surface area contributed by atoms with Crippen molar-refractivity contribution in [2.45, 2.75) is 20.0 Å². The third-order valence-corrected chi connectivity index (χ3v) is 4.33. The molecule has 3 aromatic rings. The second-order valence-corrected chi connectivity index (χ2v) is 7.41. The molecule has 0 aliphatic heterocycles. The highest BCUT2D eigenvalue weighted by Gasteiger charge is 2.10. The van der Waals surface area contributed by atoms with Gasteiger partial charge in [-0.15, -0.1) is 0 Å². The SMILES string of the molecule is CC(C)Oc1ccc(C(=O)NC(=S)Nc2cccc(NC(=O)c3ccccc3)c2)cc1. The van der Waals surface area contributed by atoms with Crippen LogP contribution in [0.2, 0.25) is 0 Å². The van der Waals surface area contributed by atoms with Crippen LogP contribution in [0.3, 0.4) is 0 Å². The van der Waals surface area contributed by atoms with Crippen molar-refractivity contribution in [3.8, 4) is 5.75 Å². The maximum absolute atomic E-state index is 12.4. The van der Waals surface area contributed by atoms with E-state index in [9.17, 15) is 9.59 Å². The Morgan fingerprint density at radius 1 is 0.774 bits per heavy atom. The molecular weight excluding hydrogens is 410 g/mol. The van der Waals surface area contributed by atoms with Gasteiger partial charge in [0.25, 0.3) is 11.8 Å². The molecule has 2 amide bonds. The Hall–Kier alpha value is -3.71. The van der Waals surface area contributed by atoms with E-state index < -0.39 is 0 Å². The third kappa shape index (κ3) is 6.65. The number of amides is 2. The first-order valence-corrected chi connectivity index (χ1v) is 10.2. The predicted octanol–water partition coefficient (Wildman–Crippen LogP) is 4.85. The van der Waals surface area contributed by atoms with Crippen molar-refractivity contribution in [3.05, 3.63) is 90.0 Å². The molecule has 158 valence electrons. The van der Waals surface area contributed by atoms with Crippen molar-refractivity contribution in [3.63, 3.8) is 0 Å². The molecule has 0 heterocycles. The fraction of sp³-hybridized carbons (Fsp3) is 0.125. The lowest BCUT2D eigenvalue weighted by Crippen LogP contribution is -2.34. The first kappa shape index (κ1) is 22.0. The van der Waals surface area contributed by atoms with E-state index in [4.69, 9.17) is 17.0 Å². The summed E-state index contributed by atoms with van der Waals surface area (Å²) in [6, 6.07) is 22.8. The molecule has 3 aromatic carbocycles. The number of rotatable bonds is 6. The van der Waals surface area contributed by atoms with Crippen LogP contribution in [0.5, 0.6) is 5.75 Å². The lowest BCUT2D eigenvalue weighted by molar-refractivity contribution is 0.0976. The summed E-state index contributed by atoms with van der Waals surface area (Å²) in [7, 11) is 0. The van der Waals surface area contributed by atoms with Crippen molar-refractivity contribution in [1.82, 2.24) is 5.32 Å². The largest absolute Gasteiger partial charge is 0.491 e. The van der Waals surface area contributed by atoms with Crippen molar-refractivity contribution in [1.29, 1.82) is 0 Å². The molecule has 0 aliphatic carbocycles. The third-order valence-electron chi connectivity index (χ3n) is 4.13. The molecule has 0 aliphatic rings. The Balaban J connectivity index is 1.57. The molecule has 3 N–H and O–H groups in total. The summed E-state index contributed by atoms with van der Waals surface area (Å²) in [5.41, 5.74) is 2.27. The molecule has 0 fully saturated rings. The van der Waals surface area contributed by atoms with Crippen molar-refractivity contribution < 1.29 is 14.3 Å². The number of benzene rings is 3. The molecule has 0 spiro atoms. The summed E-state index contributed by atoms with van der Waals surface area (Å²) in [6.07, 6.45) is 0.0599. The fourth-order valence-electron chi connectivity index (χ4n) is 2.76. The summed E-state index contributed by atoms with van der Waals surface area (Å²) >= 11 is 5.25. The molecule has 31 heavy (non-hydrogen) atoms. The maximum Gasteiger partial charge on any atom is 0.257 e. The van der Waals surface area contributed by atoms with Crippen molar-refractivity contribution in [2.75, 3.05) is 10.6 Å². The minimum Gasteiger partial charge on any atom is -0.491 e. The summed E-state index contributed by atoms with van der Waals surface area (Å²) in [4.78, 5) is 24.7. The zero-order chi connectivity index (χ0) is 22.2. The van der Waals surface area contributed by atoms with Crippen LogP contribution in [0, 0.1) is 0 Å². The first-order valence-electron chi connectivity index (χ1n) is 9.76. The molecular formula is C24H23N3O3S. The zero-order valence-corrected chi connectivity index (χ0v) is 18.0. The van der Waals surface area contributed by atoms with Gasteiger partial charge in [0.05, 0.1) is 6.10 Å². The Morgan fingerprint density at radius 3 is 2.03 bits per heavy atom. The number of carbonyl (C=O) groups is 2. The molecule has 0 radical (unpaired) electrons. The normalized spacial score (nSPS) is 10.3. The standard InChI is InChI=1S/C24H23N3O3S/c1-16(2)30-21-13-11-18(12-14-21)23(29)27-24(31)26-20-10-6-9-19(15-20)25-22(28)17-7-4-3-5-8-17/h3-16H,1-2H3,(H,25,28)(H2,26,27,29,31). The summed E-state index contributed by atoms with van der Waals surface area (Å²) in [6.45, 7) is 3.87. The van der Waals surface area contributed by atoms with Crippen LogP contribution in [0.1, 0.15) is 34.6 Å². The highest BCUT2D eigenvalue weighted by atomic mass is 32.1. The van der Waals surface area contributed by atoms with Crippen LogP contribution in [0.15, 0.2) is 78.9 Å². The van der Waals surface area contributed by atoms with Crippen LogP contribution < -0.4 is 20.7 Å². The van der Waals surface area contributed by atoms with Gasteiger partial charge in [-0.3, -0.25) is 14.9 Å². The zero-order valence-electron chi connectivity index (χ0n) is 17.2. The number of hydrogen-bond acceptors (Lipinski definition) is 4. The number of carbonyl (C=O) groups excluding carboxylic acids is 2. The fourth-order valence-corrected chi connectivity index (χ4v) is 2.97. The quantitative estimate of drug-likeness (QED) is 0.484. The van der Waals surface area contributed by atoms with Crippen LogP contribution in [0.4, 0.5) is 11.4 Å². The summed E-state index contributed by atoms with van der Waals surface area (Å²) in [5, 5.41) is 8.59. The van der Waals surface area contributed by atoms with Gasteiger partial charge in [-0.1, -0.05) is 24.3 Å². The van der Waals surface area contributed by atoms with Crippen LogP contribution >= 0.6 is 12.2 Å². The van der Waals surface area contributed by atoms with Crippen LogP contribution in [-0.2, 0) is 0 Å². The van der Waals surface area contributed by atoms with Gasteiger partial charge in [0.15, 0.2) is 5.11 Å². The molecule has 0 saturated carbocycles. The molecule has 6 nitrogen and oxygen atoms in total. The van der Waals surface area contributed by atoms with E-state index >= 15 is 0 Å². The minimum atomic E-state index is -0.331. The van der Waals surface area contributed by atoms with Gasteiger partial charge in [0.1, 0.15) is 5.75 Å². The van der Waals surface area contributed by atoms with Gasteiger partial charge in [0, 0.05) is 22.5 Å². The highest BCUT2D eigenvalue weighted by molar-refractivity contribution is 7.80. The molecule has 0 unspecified atom stereocenters. The predicted molar refractivity (Wildman–Crippen MR) is 127 cm³/mol. The Morgan fingerprint density at radius 2 is 1.39 bits per heavy atom.